The average molecular weight is 438 g/mol. The molecule has 0 bridgehead atoms. The number of carbonyl (C=O) groups is 1. The molecule has 6 nitrogen and oxygen atoms in total. The molecule has 0 spiro atoms. The van der Waals surface area contributed by atoms with Gasteiger partial charge in [-0.25, -0.2) is 13.4 Å². The zero-order valence-electron chi connectivity index (χ0n) is 14.4. The second-order valence-corrected chi connectivity index (χ2v) is 8.87. The molecule has 0 atom stereocenters. The summed E-state index contributed by atoms with van der Waals surface area (Å²) in [5.74, 6) is 0.335. The van der Waals surface area contributed by atoms with Crippen LogP contribution in [0.1, 0.15) is 30.1 Å². The first-order chi connectivity index (χ1) is 12.4. The van der Waals surface area contributed by atoms with E-state index in [-0.39, 0.29) is 10.8 Å². The van der Waals surface area contributed by atoms with Crippen LogP contribution in [0.3, 0.4) is 0 Å². The molecule has 2 heterocycles. The van der Waals surface area contributed by atoms with Gasteiger partial charge in [0.25, 0.3) is 5.91 Å². The van der Waals surface area contributed by atoms with E-state index in [2.05, 4.69) is 20.9 Å². The molecule has 3 rings (SSSR count). The first-order valence-corrected chi connectivity index (χ1v) is 10.7. The quantitative estimate of drug-likeness (QED) is 0.719. The van der Waals surface area contributed by atoms with E-state index in [9.17, 15) is 13.2 Å². The van der Waals surface area contributed by atoms with Gasteiger partial charge in [-0.15, -0.1) is 0 Å². The van der Waals surface area contributed by atoms with Gasteiger partial charge in [0, 0.05) is 35.9 Å². The fourth-order valence-corrected chi connectivity index (χ4v) is 4.69. The van der Waals surface area contributed by atoms with Gasteiger partial charge in [0.2, 0.25) is 10.0 Å². The largest absolute Gasteiger partial charge is 0.293 e. The zero-order chi connectivity index (χ0) is 18.7. The number of hydrogen-bond donors (Lipinski definition) is 0. The molecule has 1 aliphatic rings. The fraction of sp³-hybridized carbons (Fsp3) is 0.333. The number of pyridine rings is 1. The summed E-state index contributed by atoms with van der Waals surface area (Å²) in [6.07, 6.45) is 3.42. The van der Waals surface area contributed by atoms with Gasteiger partial charge in [0.1, 0.15) is 5.82 Å². The summed E-state index contributed by atoms with van der Waals surface area (Å²) in [6, 6.07) is 9.72. The lowest BCUT2D eigenvalue weighted by atomic mass is 10.2. The van der Waals surface area contributed by atoms with Crippen LogP contribution < -0.4 is 4.90 Å². The third kappa shape index (κ3) is 3.82. The first kappa shape index (κ1) is 19.0. The Morgan fingerprint density at radius 3 is 2.35 bits per heavy atom. The molecule has 0 aliphatic carbocycles. The van der Waals surface area contributed by atoms with Crippen molar-refractivity contribution >= 4 is 37.7 Å². The van der Waals surface area contributed by atoms with Crippen molar-refractivity contribution in [2.24, 2.45) is 0 Å². The lowest BCUT2D eigenvalue weighted by Crippen LogP contribution is -2.31. The third-order valence-electron chi connectivity index (χ3n) is 4.35. The van der Waals surface area contributed by atoms with E-state index in [0.29, 0.717) is 31.0 Å². The first-order valence-electron chi connectivity index (χ1n) is 8.47. The van der Waals surface area contributed by atoms with Gasteiger partial charge in [-0.05, 0) is 72.1 Å². The van der Waals surface area contributed by atoms with E-state index >= 15 is 0 Å². The van der Waals surface area contributed by atoms with Gasteiger partial charge in [-0.3, -0.25) is 9.69 Å². The number of anilines is 1. The van der Waals surface area contributed by atoms with Gasteiger partial charge in [-0.1, -0.05) is 0 Å². The number of aromatic nitrogens is 1. The van der Waals surface area contributed by atoms with Crippen LogP contribution in [0.4, 0.5) is 5.82 Å². The summed E-state index contributed by atoms with van der Waals surface area (Å²) >= 11 is 3.33. The van der Waals surface area contributed by atoms with Crippen molar-refractivity contribution < 1.29 is 13.2 Å². The highest BCUT2D eigenvalue weighted by Crippen LogP contribution is 2.22. The van der Waals surface area contributed by atoms with E-state index in [1.54, 1.807) is 29.3 Å². The minimum atomic E-state index is -3.47. The normalized spacial score (nSPS) is 15.2. The van der Waals surface area contributed by atoms with Crippen LogP contribution in [-0.4, -0.2) is 43.2 Å². The van der Waals surface area contributed by atoms with E-state index in [0.717, 1.165) is 17.3 Å². The Hall–Kier alpha value is -1.77. The maximum atomic E-state index is 12.8. The molecule has 26 heavy (non-hydrogen) atoms. The van der Waals surface area contributed by atoms with Gasteiger partial charge < -0.3 is 0 Å². The van der Waals surface area contributed by atoms with Crippen LogP contribution in [0.5, 0.6) is 0 Å². The highest BCUT2D eigenvalue weighted by molar-refractivity contribution is 9.10. The minimum Gasteiger partial charge on any atom is -0.293 e. The Labute approximate surface area is 162 Å². The van der Waals surface area contributed by atoms with Gasteiger partial charge >= 0.3 is 0 Å². The minimum absolute atomic E-state index is 0.215. The molecule has 0 radical (unpaired) electrons. The number of nitrogens with zero attached hydrogens (tertiary/aromatic N) is 3. The van der Waals surface area contributed by atoms with Crippen LogP contribution in [0.15, 0.2) is 52.0 Å². The summed E-state index contributed by atoms with van der Waals surface area (Å²) in [5.41, 5.74) is 0.428. The highest BCUT2D eigenvalue weighted by atomic mass is 79.9. The molecule has 1 aromatic carbocycles. The summed E-state index contributed by atoms with van der Waals surface area (Å²) in [5, 5.41) is 0. The number of benzene rings is 1. The van der Waals surface area contributed by atoms with Crippen LogP contribution in [0.25, 0.3) is 0 Å². The monoisotopic (exact) mass is 437 g/mol. The van der Waals surface area contributed by atoms with Crippen LogP contribution >= 0.6 is 15.9 Å². The maximum absolute atomic E-state index is 12.8. The Morgan fingerprint density at radius 1 is 1.15 bits per heavy atom. The van der Waals surface area contributed by atoms with Crippen LogP contribution in [0, 0.1) is 0 Å². The second kappa shape index (κ2) is 7.85. The van der Waals surface area contributed by atoms with Crippen molar-refractivity contribution in [3.63, 3.8) is 0 Å². The van der Waals surface area contributed by atoms with Crippen molar-refractivity contribution in [1.82, 2.24) is 9.29 Å². The molecule has 0 unspecified atom stereocenters. The molecule has 0 N–H and O–H groups in total. The number of rotatable bonds is 5. The summed E-state index contributed by atoms with van der Waals surface area (Å²) < 4.78 is 27.5. The lowest BCUT2D eigenvalue weighted by Gasteiger charge is -2.20. The Balaban J connectivity index is 1.83. The smallest absolute Gasteiger partial charge is 0.259 e. The topological polar surface area (TPSA) is 70.6 Å². The molecule has 1 fully saturated rings. The molecule has 138 valence electrons. The number of carbonyl (C=O) groups excluding carboxylic acids is 1. The molecule has 1 aromatic heterocycles. The number of halogens is 1. The van der Waals surface area contributed by atoms with Crippen molar-refractivity contribution in [3.8, 4) is 0 Å². The van der Waals surface area contributed by atoms with Crippen LogP contribution in [-0.2, 0) is 10.0 Å². The molecular weight excluding hydrogens is 418 g/mol. The fourth-order valence-electron chi connectivity index (χ4n) is 2.94. The highest BCUT2D eigenvalue weighted by Gasteiger charge is 2.27. The van der Waals surface area contributed by atoms with Gasteiger partial charge in [0.15, 0.2) is 0 Å². The van der Waals surface area contributed by atoms with Crippen molar-refractivity contribution in [2.75, 3.05) is 24.5 Å². The number of amides is 1. The van der Waals surface area contributed by atoms with Crippen LogP contribution in [0.2, 0.25) is 0 Å². The van der Waals surface area contributed by atoms with Crippen molar-refractivity contribution in [3.05, 3.63) is 52.6 Å². The zero-order valence-corrected chi connectivity index (χ0v) is 16.8. The van der Waals surface area contributed by atoms with E-state index in [1.807, 2.05) is 13.0 Å². The van der Waals surface area contributed by atoms with Crippen molar-refractivity contribution in [2.45, 2.75) is 24.7 Å². The third-order valence-corrected chi connectivity index (χ3v) is 6.74. The molecule has 1 aliphatic heterocycles. The van der Waals surface area contributed by atoms with Gasteiger partial charge in [-0.2, -0.15) is 4.31 Å². The predicted octanol–water partition coefficient (Wildman–Crippen LogP) is 3.30. The van der Waals surface area contributed by atoms with Crippen molar-refractivity contribution in [1.29, 1.82) is 0 Å². The Morgan fingerprint density at radius 2 is 1.81 bits per heavy atom. The lowest BCUT2D eigenvalue weighted by molar-refractivity contribution is 0.0987. The SMILES string of the molecule is CCN(C(=O)c1ccc(S(=O)(=O)N2CCCC2)cc1)c1ccc(Br)cn1. The average Bonchev–Trinajstić information content (AvgIpc) is 3.19. The maximum Gasteiger partial charge on any atom is 0.259 e. The molecule has 8 heteroatoms. The van der Waals surface area contributed by atoms with E-state index in [4.69, 9.17) is 0 Å². The number of hydrogen-bond acceptors (Lipinski definition) is 4. The molecular formula is C18H20BrN3O3S. The Bertz CT molecular complexity index is 877. The molecule has 1 saturated heterocycles. The van der Waals surface area contributed by atoms with E-state index in [1.165, 1.54) is 16.4 Å². The van der Waals surface area contributed by atoms with Gasteiger partial charge in [0.05, 0.1) is 4.90 Å². The molecule has 0 saturated carbocycles. The summed E-state index contributed by atoms with van der Waals surface area (Å²) in [6.45, 7) is 3.44. The van der Waals surface area contributed by atoms with E-state index < -0.39 is 10.0 Å². The predicted molar refractivity (Wildman–Crippen MR) is 104 cm³/mol. The standard InChI is InChI=1S/C18H20BrN3O3S/c1-2-22(17-10-7-15(19)13-20-17)18(23)14-5-8-16(9-6-14)26(24,25)21-11-3-4-12-21/h5-10,13H,2-4,11-12H2,1H3. The number of sulfonamides is 1. The second-order valence-electron chi connectivity index (χ2n) is 6.02. The Kier molecular flexibility index (Phi) is 5.74. The summed E-state index contributed by atoms with van der Waals surface area (Å²) in [4.78, 5) is 18.8. The molecule has 2 aromatic rings. The molecule has 1 amide bonds. The summed E-state index contributed by atoms with van der Waals surface area (Å²) in [7, 11) is -3.47.